The second-order valence-corrected chi connectivity index (χ2v) is 10.0. The first kappa shape index (κ1) is 26.1. The average Bonchev–Trinajstić information content (AvgIpc) is 3.41. The van der Waals surface area contributed by atoms with Crippen LogP contribution in [0, 0.1) is 13.8 Å². The maximum atomic E-state index is 13.4. The molecule has 0 aliphatic heterocycles. The first-order chi connectivity index (χ1) is 17.8. The number of thiophene rings is 1. The van der Waals surface area contributed by atoms with Crippen LogP contribution >= 0.6 is 11.3 Å². The zero-order valence-corrected chi connectivity index (χ0v) is 21.8. The van der Waals surface area contributed by atoms with E-state index in [1.54, 1.807) is 35.6 Å². The Bertz CT molecular complexity index is 1520. The van der Waals surface area contributed by atoms with Crippen molar-refractivity contribution in [1.82, 2.24) is 14.5 Å². The molecule has 192 valence electrons. The molecule has 4 aromatic rings. The van der Waals surface area contributed by atoms with Crippen LogP contribution in [0.15, 0.2) is 69.6 Å². The van der Waals surface area contributed by atoms with Gasteiger partial charge in [-0.25, -0.2) is 4.79 Å². The van der Waals surface area contributed by atoms with Gasteiger partial charge in [-0.15, -0.1) is 11.3 Å². The predicted molar refractivity (Wildman–Crippen MR) is 147 cm³/mol. The third kappa shape index (κ3) is 6.24. The summed E-state index contributed by atoms with van der Waals surface area (Å²) in [6.45, 7) is 4.26. The Kier molecular flexibility index (Phi) is 8.35. The lowest BCUT2D eigenvalue weighted by Crippen LogP contribution is -2.41. The number of amides is 2. The largest absolute Gasteiger partial charge is 0.351 e. The molecule has 0 radical (unpaired) electrons. The van der Waals surface area contributed by atoms with E-state index in [0.717, 1.165) is 26.3 Å². The predicted octanol–water partition coefficient (Wildman–Crippen LogP) is 3.97. The van der Waals surface area contributed by atoms with Gasteiger partial charge in [-0.05, 0) is 61.4 Å². The SMILES string of the molecule is Cc1cccc(C)c1NC(=O)Cn1c(=O)n(CCCCC(=O)NCc2cccs2)c(=O)c2ccccc21. The van der Waals surface area contributed by atoms with Crippen LogP contribution in [-0.2, 0) is 29.2 Å². The molecule has 0 spiro atoms. The fraction of sp³-hybridized carbons (Fsp3) is 0.286. The Morgan fingerprint density at radius 2 is 1.62 bits per heavy atom. The zero-order chi connectivity index (χ0) is 26.4. The molecule has 37 heavy (non-hydrogen) atoms. The minimum absolute atomic E-state index is 0.0696. The number of unbranched alkanes of at least 4 members (excludes halogenated alkanes) is 1. The minimum atomic E-state index is -0.539. The standard InChI is InChI=1S/C28H30N4O4S/c1-19-9-7-10-20(2)26(19)30-25(34)18-32-23-13-4-3-12-22(23)27(35)31(28(32)36)15-6-5-14-24(33)29-17-21-11-8-16-37-21/h3-4,7-13,16H,5-6,14-15,17-18H2,1-2H3,(H,29,33)(H,30,34). The maximum absolute atomic E-state index is 13.4. The second kappa shape index (κ2) is 11.8. The number of nitrogens with one attached hydrogen (secondary N) is 2. The first-order valence-electron chi connectivity index (χ1n) is 12.2. The van der Waals surface area contributed by atoms with Crippen LogP contribution in [-0.4, -0.2) is 20.9 Å². The fourth-order valence-corrected chi connectivity index (χ4v) is 4.94. The van der Waals surface area contributed by atoms with Gasteiger partial charge in [-0.2, -0.15) is 0 Å². The van der Waals surface area contributed by atoms with Gasteiger partial charge in [0.25, 0.3) is 5.56 Å². The number of carbonyl (C=O) groups excluding carboxylic acids is 2. The van der Waals surface area contributed by atoms with Crippen LogP contribution in [0.1, 0.15) is 35.3 Å². The summed E-state index contributed by atoms with van der Waals surface area (Å²) < 4.78 is 2.51. The molecule has 0 aliphatic rings. The molecule has 2 N–H and O–H groups in total. The number of carbonyl (C=O) groups is 2. The molecular weight excluding hydrogens is 488 g/mol. The van der Waals surface area contributed by atoms with E-state index in [2.05, 4.69) is 10.6 Å². The molecule has 0 saturated heterocycles. The quantitative estimate of drug-likeness (QED) is 0.310. The Labute approximate surface area is 218 Å². The normalized spacial score (nSPS) is 11.0. The summed E-state index contributed by atoms with van der Waals surface area (Å²) in [6, 6.07) is 16.4. The number of anilines is 1. The van der Waals surface area contributed by atoms with Crippen LogP contribution in [0.5, 0.6) is 0 Å². The van der Waals surface area contributed by atoms with Gasteiger partial charge in [0.05, 0.1) is 17.4 Å². The molecule has 2 aromatic carbocycles. The van der Waals surface area contributed by atoms with Gasteiger partial charge in [-0.1, -0.05) is 36.4 Å². The molecule has 0 fully saturated rings. The molecular formula is C28H30N4O4S. The minimum Gasteiger partial charge on any atom is -0.351 e. The Hall–Kier alpha value is -3.98. The Morgan fingerprint density at radius 3 is 2.35 bits per heavy atom. The summed E-state index contributed by atoms with van der Waals surface area (Å²) in [7, 11) is 0. The molecule has 0 unspecified atom stereocenters. The first-order valence-corrected chi connectivity index (χ1v) is 13.1. The highest BCUT2D eigenvalue weighted by molar-refractivity contribution is 7.09. The van der Waals surface area contributed by atoms with Crippen LogP contribution in [0.4, 0.5) is 5.69 Å². The van der Waals surface area contributed by atoms with E-state index in [4.69, 9.17) is 0 Å². The van der Waals surface area contributed by atoms with E-state index in [9.17, 15) is 19.2 Å². The molecule has 0 atom stereocenters. The number of para-hydroxylation sites is 2. The van der Waals surface area contributed by atoms with Gasteiger partial charge in [-0.3, -0.25) is 23.5 Å². The van der Waals surface area contributed by atoms with Crippen molar-refractivity contribution in [2.45, 2.75) is 52.7 Å². The van der Waals surface area contributed by atoms with Gasteiger partial charge in [0.1, 0.15) is 6.54 Å². The Balaban J connectivity index is 1.47. The van der Waals surface area contributed by atoms with Crippen molar-refractivity contribution in [3.05, 3.63) is 96.8 Å². The molecule has 0 bridgehead atoms. The number of nitrogens with zero attached hydrogens (tertiary/aromatic N) is 2. The lowest BCUT2D eigenvalue weighted by Gasteiger charge is -2.15. The zero-order valence-electron chi connectivity index (χ0n) is 21.0. The lowest BCUT2D eigenvalue weighted by molar-refractivity contribution is -0.121. The van der Waals surface area contributed by atoms with E-state index in [1.807, 2.05) is 49.6 Å². The summed E-state index contributed by atoms with van der Waals surface area (Å²) in [5, 5.41) is 8.12. The monoisotopic (exact) mass is 518 g/mol. The number of hydrogen-bond acceptors (Lipinski definition) is 5. The van der Waals surface area contributed by atoms with Gasteiger partial charge < -0.3 is 10.6 Å². The number of hydrogen-bond donors (Lipinski definition) is 2. The number of aryl methyl sites for hydroxylation is 2. The van der Waals surface area contributed by atoms with Crippen molar-refractivity contribution >= 4 is 39.7 Å². The number of aromatic nitrogens is 2. The summed E-state index contributed by atoms with van der Waals surface area (Å²) in [4.78, 5) is 52.6. The summed E-state index contributed by atoms with van der Waals surface area (Å²) in [5.41, 5.74) is 2.05. The van der Waals surface area contributed by atoms with Crippen molar-refractivity contribution < 1.29 is 9.59 Å². The third-order valence-corrected chi connectivity index (χ3v) is 7.13. The molecule has 2 aromatic heterocycles. The van der Waals surface area contributed by atoms with Gasteiger partial charge in [0.15, 0.2) is 0 Å². The van der Waals surface area contributed by atoms with Crippen LogP contribution in [0.2, 0.25) is 0 Å². The van der Waals surface area contributed by atoms with E-state index in [-0.39, 0.29) is 24.9 Å². The van der Waals surface area contributed by atoms with Crippen molar-refractivity contribution in [2.24, 2.45) is 0 Å². The van der Waals surface area contributed by atoms with E-state index < -0.39 is 11.2 Å². The Morgan fingerprint density at radius 1 is 0.865 bits per heavy atom. The van der Waals surface area contributed by atoms with Gasteiger partial charge >= 0.3 is 5.69 Å². The van der Waals surface area contributed by atoms with Crippen molar-refractivity contribution in [1.29, 1.82) is 0 Å². The summed E-state index contributed by atoms with van der Waals surface area (Å²) in [5.74, 6) is -0.419. The van der Waals surface area contributed by atoms with Crippen molar-refractivity contribution in [3.63, 3.8) is 0 Å². The van der Waals surface area contributed by atoms with Gasteiger partial charge in [0, 0.05) is 23.5 Å². The van der Waals surface area contributed by atoms with E-state index in [1.165, 1.54) is 4.57 Å². The highest BCUT2D eigenvalue weighted by Crippen LogP contribution is 2.19. The summed E-state index contributed by atoms with van der Waals surface area (Å²) >= 11 is 1.58. The van der Waals surface area contributed by atoms with E-state index >= 15 is 0 Å². The second-order valence-electron chi connectivity index (χ2n) is 8.97. The average molecular weight is 519 g/mol. The molecule has 2 amide bonds. The molecule has 9 heteroatoms. The van der Waals surface area contributed by atoms with Gasteiger partial charge in [0.2, 0.25) is 11.8 Å². The molecule has 2 heterocycles. The van der Waals surface area contributed by atoms with Crippen LogP contribution < -0.4 is 21.9 Å². The number of benzene rings is 2. The molecule has 4 rings (SSSR count). The number of rotatable bonds is 10. The van der Waals surface area contributed by atoms with Crippen molar-refractivity contribution in [3.8, 4) is 0 Å². The van der Waals surface area contributed by atoms with Crippen molar-refractivity contribution in [2.75, 3.05) is 5.32 Å². The number of fused-ring (bicyclic) bond motifs is 1. The highest BCUT2D eigenvalue weighted by Gasteiger charge is 2.16. The van der Waals surface area contributed by atoms with Crippen LogP contribution in [0.25, 0.3) is 10.9 Å². The smallest absolute Gasteiger partial charge is 0.331 e. The highest BCUT2D eigenvalue weighted by atomic mass is 32.1. The third-order valence-electron chi connectivity index (χ3n) is 6.25. The van der Waals surface area contributed by atoms with Crippen LogP contribution in [0.3, 0.4) is 0 Å². The maximum Gasteiger partial charge on any atom is 0.331 e. The lowest BCUT2D eigenvalue weighted by atomic mass is 10.1. The molecule has 8 nitrogen and oxygen atoms in total. The molecule has 0 aliphatic carbocycles. The fourth-order valence-electron chi connectivity index (χ4n) is 4.30. The summed E-state index contributed by atoms with van der Waals surface area (Å²) in [6.07, 6.45) is 1.32. The topological polar surface area (TPSA) is 102 Å². The van der Waals surface area contributed by atoms with E-state index in [0.29, 0.717) is 36.7 Å². The molecule has 0 saturated carbocycles.